The maximum absolute atomic E-state index is 11.1. The molecule has 0 spiro atoms. The summed E-state index contributed by atoms with van der Waals surface area (Å²) in [5, 5.41) is 8.55. The lowest BCUT2D eigenvalue weighted by Crippen LogP contribution is -2.06. The standard InChI is InChI=1S/C20H20N2O2/c1-14(23)22-17-10-8-16(9-11-17)21-13-19-18-6-4-3-5-15(18)7-12-20(19)24-2/h3-12,21H,13H2,1-2H3,(H,22,23). The summed E-state index contributed by atoms with van der Waals surface area (Å²) in [5.41, 5.74) is 2.90. The summed E-state index contributed by atoms with van der Waals surface area (Å²) in [4.78, 5) is 11.1. The highest BCUT2D eigenvalue weighted by atomic mass is 16.5. The normalized spacial score (nSPS) is 10.4. The van der Waals surface area contributed by atoms with Crippen molar-refractivity contribution in [3.63, 3.8) is 0 Å². The van der Waals surface area contributed by atoms with Crippen LogP contribution in [0.1, 0.15) is 12.5 Å². The van der Waals surface area contributed by atoms with Crippen LogP contribution in [0.15, 0.2) is 60.7 Å². The van der Waals surface area contributed by atoms with Crippen molar-refractivity contribution in [2.24, 2.45) is 0 Å². The van der Waals surface area contributed by atoms with Crippen LogP contribution in [0, 0.1) is 0 Å². The molecule has 4 nitrogen and oxygen atoms in total. The lowest BCUT2D eigenvalue weighted by atomic mass is 10.0. The number of benzene rings is 3. The molecule has 0 aromatic heterocycles. The smallest absolute Gasteiger partial charge is 0.221 e. The van der Waals surface area contributed by atoms with Gasteiger partial charge in [0.25, 0.3) is 0 Å². The fraction of sp³-hybridized carbons (Fsp3) is 0.150. The fourth-order valence-corrected chi connectivity index (χ4v) is 2.75. The average molecular weight is 320 g/mol. The first kappa shape index (κ1) is 15.9. The van der Waals surface area contributed by atoms with Gasteiger partial charge in [-0.05, 0) is 41.1 Å². The summed E-state index contributed by atoms with van der Waals surface area (Å²) >= 11 is 0. The van der Waals surface area contributed by atoms with E-state index in [4.69, 9.17) is 4.74 Å². The Balaban J connectivity index is 1.81. The summed E-state index contributed by atoms with van der Waals surface area (Å²) in [5.74, 6) is 0.798. The fourth-order valence-electron chi connectivity index (χ4n) is 2.75. The maximum atomic E-state index is 11.1. The van der Waals surface area contributed by atoms with Gasteiger partial charge in [-0.2, -0.15) is 0 Å². The van der Waals surface area contributed by atoms with E-state index in [0.29, 0.717) is 6.54 Å². The average Bonchev–Trinajstić information content (AvgIpc) is 2.60. The number of nitrogens with one attached hydrogen (secondary N) is 2. The highest BCUT2D eigenvalue weighted by Gasteiger charge is 2.08. The van der Waals surface area contributed by atoms with E-state index < -0.39 is 0 Å². The van der Waals surface area contributed by atoms with E-state index in [2.05, 4.69) is 28.8 Å². The van der Waals surface area contributed by atoms with E-state index >= 15 is 0 Å². The van der Waals surface area contributed by atoms with Gasteiger partial charge in [0.2, 0.25) is 5.91 Å². The van der Waals surface area contributed by atoms with Crippen molar-refractivity contribution in [1.29, 1.82) is 0 Å². The van der Waals surface area contributed by atoms with E-state index in [1.807, 2.05) is 42.5 Å². The highest BCUT2D eigenvalue weighted by Crippen LogP contribution is 2.28. The molecular weight excluding hydrogens is 300 g/mol. The minimum atomic E-state index is -0.0730. The van der Waals surface area contributed by atoms with Crippen LogP contribution >= 0.6 is 0 Å². The summed E-state index contributed by atoms with van der Waals surface area (Å²) in [6, 6.07) is 20.0. The third kappa shape index (κ3) is 3.49. The molecule has 3 aromatic rings. The zero-order chi connectivity index (χ0) is 16.9. The van der Waals surface area contributed by atoms with E-state index in [-0.39, 0.29) is 5.91 Å². The maximum Gasteiger partial charge on any atom is 0.221 e. The van der Waals surface area contributed by atoms with Crippen LogP contribution < -0.4 is 15.4 Å². The molecule has 24 heavy (non-hydrogen) atoms. The molecule has 3 aromatic carbocycles. The van der Waals surface area contributed by atoms with Crippen LogP contribution in [0.4, 0.5) is 11.4 Å². The topological polar surface area (TPSA) is 50.4 Å². The Labute approximate surface area is 141 Å². The summed E-state index contributed by atoms with van der Waals surface area (Å²) < 4.78 is 5.52. The number of hydrogen-bond donors (Lipinski definition) is 2. The van der Waals surface area contributed by atoms with Crippen molar-refractivity contribution in [2.45, 2.75) is 13.5 Å². The van der Waals surface area contributed by atoms with Gasteiger partial charge in [-0.1, -0.05) is 30.3 Å². The van der Waals surface area contributed by atoms with Crippen molar-refractivity contribution in [2.75, 3.05) is 17.7 Å². The molecule has 0 bridgehead atoms. The Morgan fingerprint density at radius 2 is 1.67 bits per heavy atom. The third-order valence-electron chi connectivity index (χ3n) is 3.89. The number of hydrogen-bond acceptors (Lipinski definition) is 3. The second-order valence-electron chi connectivity index (χ2n) is 5.58. The number of amides is 1. The van der Waals surface area contributed by atoms with Gasteiger partial charge in [0.1, 0.15) is 5.75 Å². The largest absolute Gasteiger partial charge is 0.496 e. The molecule has 0 aliphatic heterocycles. The first-order valence-corrected chi connectivity index (χ1v) is 7.83. The van der Waals surface area contributed by atoms with Crippen LogP contribution in [0.2, 0.25) is 0 Å². The van der Waals surface area contributed by atoms with Gasteiger partial charge in [-0.25, -0.2) is 0 Å². The van der Waals surface area contributed by atoms with Crippen LogP contribution in [0.5, 0.6) is 5.75 Å². The summed E-state index contributed by atoms with van der Waals surface area (Å²) in [6.07, 6.45) is 0. The zero-order valence-electron chi connectivity index (χ0n) is 13.8. The third-order valence-corrected chi connectivity index (χ3v) is 3.89. The number of ether oxygens (including phenoxy) is 1. The monoisotopic (exact) mass is 320 g/mol. The minimum absolute atomic E-state index is 0.0730. The van der Waals surface area contributed by atoms with Gasteiger partial charge in [0.05, 0.1) is 7.11 Å². The molecule has 0 atom stereocenters. The Hall–Kier alpha value is -3.01. The number of methoxy groups -OCH3 is 1. The summed E-state index contributed by atoms with van der Waals surface area (Å²) in [7, 11) is 1.69. The highest BCUT2D eigenvalue weighted by molar-refractivity contribution is 5.89. The Bertz CT molecular complexity index is 857. The first-order valence-electron chi connectivity index (χ1n) is 7.83. The molecule has 0 aliphatic rings. The number of carbonyl (C=O) groups is 1. The molecule has 2 N–H and O–H groups in total. The molecular formula is C20H20N2O2. The van der Waals surface area contributed by atoms with Crippen molar-refractivity contribution < 1.29 is 9.53 Å². The molecule has 3 rings (SSSR count). The zero-order valence-corrected chi connectivity index (χ0v) is 13.8. The molecule has 122 valence electrons. The molecule has 0 saturated carbocycles. The van der Waals surface area contributed by atoms with Gasteiger partial charge < -0.3 is 15.4 Å². The van der Waals surface area contributed by atoms with Gasteiger partial charge in [0.15, 0.2) is 0 Å². The van der Waals surface area contributed by atoms with Crippen LogP contribution in [0.25, 0.3) is 10.8 Å². The Kier molecular flexibility index (Phi) is 4.66. The van der Waals surface area contributed by atoms with Crippen LogP contribution in [-0.2, 0) is 11.3 Å². The second-order valence-corrected chi connectivity index (χ2v) is 5.58. The van der Waals surface area contributed by atoms with Crippen molar-refractivity contribution in [3.05, 3.63) is 66.2 Å². The van der Waals surface area contributed by atoms with Crippen molar-refractivity contribution >= 4 is 28.1 Å². The predicted molar refractivity (Wildman–Crippen MR) is 98.6 cm³/mol. The quantitative estimate of drug-likeness (QED) is 0.731. The van der Waals surface area contributed by atoms with Crippen LogP contribution in [0.3, 0.4) is 0 Å². The molecule has 1 amide bonds. The molecule has 0 radical (unpaired) electrons. The molecule has 0 fully saturated rings. The first-order chi connectivity index (χ1) is 11.7. The molecule has 0 aliphatic carbocycles. The Morgan fingerprint density at radius 3 is 2.38 bits per heavy atom. The number of rotatable bonds is 5. The molecule has 0 saturated heterocycles. The van der Waals surface area contributed by atoms with Gasteiger partial charge >= 0.3 is 0 Å². The number of anilines is 2. The SMILES string of the molecule is COc1ccc2ccccc2c1CNc1ccc(NC(C)=O)cc1. The molecule has 4 heteroatoms. The minimum Gasteiger partial charge on any atom is -0.496 e. The lowest BCUT2D eigenvalue weighted by molar-refractivity contribution is -0.114. The van der Waals surface area contributed by atoms with Crippen molar-refractivity contribution in [3.8, 4) is 5.75 Å². The molecule has 0 heterocycles. The second kappa shape index (κ2) is 7.04. The van der Waals surface area contributed by atoms with E-state index in [1.54, 1.807) is 7.11 Å². The van der Waals surface area contributed by atoms with Gasteiger partial charge in [-0.15, -0.1) is 0 Å². The summed E-state index contributed by atoms with van der Waals surface area (Å²) in [6.45, 7) is 2.16. The van der Waals surface area contributed by atoms with Crippen LogP contribution in [-0.4, -0.2) is 13.0 Å². The lowest BCUT2D eigenvalue weighted by Gasteiger charge is -2.14. The van der Waals surface area contributed by atoms with E-state index in [0.717, 1.165) is 22.7 Å². The number of fused-ring (bicyclic) bond motifs is 1. The van der Waals surface area contributed by atoms with Gasteiger partial charge in [-0.3, -0.25) is 4.79 Å². The van der Waals surface area contributed by atoms with Gasteiger partial charge in [0, 0.05) is 30.4 Å². The molecule has 0 unspecified atom stereocenters. The van der Waals surface area contributed by atoms with E-state index in [9.17, 15) is 4.79 Å². The van der Waals surface area contributed by atoms with E-state index in [1.165, 1.54) is 17.7 Å². The number of carbonyl (C=O) groups excluding carboxylic acids is 1. The Morgan fingerprint density at radius 1 is 0.958 bits per heavy atom. The predicted octanol–water partition coefficient (Wildman–Crippen LogP) is 4.42. The van der Waals surface area contributed by atoms with Crippen molar-refractivity contribution in [1.82, 2.24) is 0 Å².